The number of hydrogen-bond donors (Lipinski definition) is 2. The third-order valence-electron chi connectivity index (χ3n) is 4.30. The molecule has 1 aromatic carbocycles. The third kappa shape index (κ3) is 5.01. The fourth-order valence-corrected chi connectivity index (χ4v) is 5.80. The summed E-state index contributed by atoms with van der Waals surface area (Å²) in [6.07, 6.45) is 3.35. The van der Waals surface area contributed by atoms with Gasteiger partial charge < -0.3 is 5.32 Å². The highest BCUT2D eigenvalue weighted by Crippen LogP contribution is 2.24. The van der Waals surface area contributed by atoms with E-state index in [0.29, 0.717) is 38.2 Å². The number of nitrogens with one attached hydrogen (secondary N) is 2. The van der Waals surface area contributed by atoms with Gasteiger partial charge in [-0.05, 0) is 57.5 Å². The molecule has 1 saturated heterocycles. The van der Waals surface area contributed by atoms with Gasteiger partial charge in [0.15, 0.2) is 0 Å². The van der Waals surface area contributed by atoms with E-state index in [1.807, 2.05) is 0 Å². The van der Waals surface area contributed by atoms with Gasteiger partial charge >= 0.3 is 0 Å². The lowest BCUT2D eigenvalue weighted by atomic mass is 10.2. The molecule has 0 unspecified atom stereocenters. The molecule has 0 bridgehead atoms. The Hall–Kier alpha value is -1.00. The molecule has 25 heavy (non-hydrogen) atoms. The first kappa shape index (κ1) is 20.3. The van der Waals surface area contributed by atoms with Gasteiger partial charge in [-0.25, -0.2) is 21.6 Å². The van der Waals surface area contributed by atoms with Gasteiger partial charge in [0, 0.05) is 19.6 Å². The highest BCUT2D eigenvalue weighted by Gasteiger charge is 2.28. The summed E-state index contributed by atoms with van der Waals surface area (Å²) < 4.78 is 54.6. The number of rotatable bonds is 8. The first-order chi connectivity index (χ1) is 11.8. The van der Waals surface area contributed by atoms with Crippen molar-refractivity contribution in [3.8, 4) is 0 Å². The Bertz CT molecular complexity index is 786. The Balaban J connectivity index is 2.27. The van der Waals surface area contributed by atoms with Crippen molar-refractivity contribution in [2.75, 3.05) is 33.2 Å². The Kier molecular flexibility index (Phi) is 6.98. The van der Waals surface area contributed by atoms with Crippen LogP contribution < -0.4 is 10.0 Å². The van der Waals surface area contributed by atoms with Crippen molar-refractivity contribution < 1.29 is 16.8 Å². The first-order valence-corrected chi connectivity index (χ1v) is 11.5. The largest absolute Gasteiger partial charge is 0.320 e. The molecule has 7 nitrogen and oxygen atoms in total. The monoisotopic (exact) mass is 389 g/mol. The second-order valence-electron chi connectivity index (χ2n) is 6.25. The van der Waals surface area contributed by atoms with Crippen molar-refractivity contribution in [2.45, 2.75) is 42.4 Å². The quantitative estimate of drug-likeness (QED) is 0.648. The maximum Gasteiger partial charge on any atom is 0.243 e. The number of piperidine rings is 1. The minimum absolute atomic E-state index is 0.0232. The average molecular weight is 390 g/mol. The van der Waals surface area contributed by atoms with E-state index >= 15 is 0 Å². The predicted molar refractivity (Wildman–Crippen MR) is 97.5 cm³/mol. The fourth-order valence-electron chi connectivity index (χ4n) is 2.83. The maximum absolute atomic E-state index is 12.8. The standard InChI is InChI=1S/C16H27N3O4S2/c1-14-7-8-15(25(22,23)19-11-4-3-5-12-19)13-16(14)24(20,21)18-10-6-9-17-2/h7-8,13,17-18H,3-6,9-12H2,1-2H3. The second kappa shape index (κ2) is 8.59. The molecule has 1 heterocycles. The van der Waals surface area contributed by atoms with Crippen LogP contribution in [0.2, 0.25) is 0 Å². The zero-order valence-corrected chi connectivity index (χ0v) is 16.4. The smallest absolute Gasteiger partial charge is 0.243 e. The highest BCUT2D eigenvalue weighted by molar-refractivity contribution is 7.90. The SMILES string of the molecule is CNCCCNS(=O)(=O)c1cc(S(=O)(=O)N2CCCCC2)ccc1C. The third-order valence-corrected chi connectivity index (χ3v) is 7.80. The van der Waals surface area contributed by atoms with Crippen LogP contribution in [-0.2, 0) is 20.0 Å². The Labute approximate surface area is 150 Å². The normalized spacial score (nSPS) is 16.9. The zero-order valence-electron chi connectivity index (χ0n) is 14.8. The van der Waals surface area contributed by atoms with Crippen LogP contribution in [-0.4, -0.2) is 54.4 Å². The van der Waals surface area contributed by atoms with E-state index in [1.165, 1.54) is 16.4 Å². The molecule has 9 heteroatoms. The second-order valence-corrected chi connectivity index (χ2v) is 9.92. The van der Waals surface area contributed by atoms with Crippen LogP contribution >= 0.6 is 0 Å². The Morgan fingerprint density at radius 3 is 2.36 bits per heavy atom. The minimum Gasteiger partial charge on any atom is -0.320 e. The van der Waals surface area contributed by atoms with Crippen LogP contribution in [0.1, 0.15) is 31.2 Å². The number of hydrogen-bond acceptors (Lipinski definition) is 5. The molecule has 1 aromatic rings. The Morgan fingerprint density at radius 1 is 1.04 bits per heavy atom. The van der Waals surface area contributed by atoms with Gasteiger partial charge in [0.2, 0.25) is 20.0 Å². The molecule has 1 aliphatic rings. The summed E-state index contributed by atoms with van der Waals surface area (Å²) in [6.45, 7) is 3.64. The van der Waals surface area contributed by atoms with E-state index in [1.54, 1.807) is 20.0 Å². The summed E-state index contributed by atoms with van der Waals surface area (Å²) in [4.78, 5) is 0.0608. The fraction of sp³-hybridized carbons (Fsp3) is 0.625. The number of sulfonamides is 2. The number of benzene rings is 1. The summed E-state index contributed by atoms with van der Waals surface area (Å²) in [5.41, 5.74) is 0.527. The molecule has 2 N–H and O–H groups in total. The highest BCUT2D eigenvalue weighted by atomic mass is 32.2. The van der Waals surface area contributed by atoms with Crippen molar-refractivity contribution in [3.05, 3.63) is 23.8 Å². The molecule has 0 atom stereocenters. The van der Waals surface area contributed by atoms with Gasteiger partial charge in [-0.15, -0.1) is 0 Å². The molecule has 1 fully saturated rings. The number of aryl methyl sites for hydroxylation is 1. The molecule has 2 rings (SSSR count). The van der Waals surface area contributed by atoms with Gasteiger partial charge in [-0.3, -0.25) is 0 Å². The first-order valence-electron chi connectivity index (χ1n) is 8.54. The van der Waals surface area contributed by atoms with Crippen molar-refractivity contribution in [1.82, 2.24) is 14.3 Å². The van der Waals surface area contributed by atoms with Crippen LogP contribution in [0.25, 0.3) is 0 Å². The van der Waals surface area contributed by atoms with Crippen LogP contribution in [0.15, 0.2) is 28.0 Å². The summed E-state index contributed by atoms with van der Waals surface area (Å²) in [5, 5.41) is 2.95. The topological polar surface area (TPSA) is 95.6 Å². The van der Waals surface area contributed by atoms with Crippen molar-refractivity contribution >= 4 is 20.0 Å². The molecule has 142 valence electrons. The minimum atomic E-state index is -3.75. The maximum atomic E-state index is 12.8. The molecular formula is C16H27N3O4S2. The number of nitrogens with zero attached hydrogens (tertiary/aromatic N) is 1. The average Bonchev–Trinajstić information content (AvgIpc) is 2.59. The van der Waals surface area contributed by atoms with Crippen molar-refractivity contribution in [2.24, 2.45) is 0 Å². The lowest BCUT2D eigenvalue weighted by molar-refractivity contribution is 0.346. The van der Waals surface area contributed by atoms with E-state index in [0.717, 1.165) is 19.3 Å². The van der Waals surface area contributed by atoms with Crippen LogP contribution in [0.4, 0.5) is 0 Å². The van der Waals surface area contributed by atoms with Gasteiger partial charge in [0.05, 0.1) is 9.79 Å². The lowest BCUT2D eigenvalue weighted by Gasteiger charge is -2.26. The van der Waals surface area contributed by atoms with Gasteiger partial charge in [-0.1, -0.05) is 12.5 Å². The van der Waals surface area contributed by atoms with Gasteiger partial charge in [0.25, 0.3) is 0 Å². The summed E-state index contributed by atoms with van der Waals surface area (Å²) in [6, 6.07) is 4.32. The molecule has 0 saturated carbocycles. The molecule has 0 radical (unpaired) electrons. The molecule has 0 aromatic heterocycles. The van der Waals surface area contributed by atoms with Crippen LogP contribution in [0.3, 0.4) is 0 Å². The summed E-state index contributed by atoms with van der Waals surface area (Å²) in [7, 11) is -5.61. The van der Waals surface area contributed by atoms with Gasteiger partial charge in [-0.2, -0.15) is 4.31 Å². The van der Waals surface area contributed by atoms with Gasteiger partial charge in [0.1, 0.15) is 0 Å². The van der Waals surface area contributed by atoms with Crippen molar-refractivity contribution in [3.63, 3.8) is 0 Å². The van der Waals surface area contributed by atoms with Crippen LogP contribution in [0.5, 0.6) is 0 Å². The van der Waals surface area contributed by atoms with E-state index in [4.69, 9.17) is 0 Å². The molecule has 0 spiro atoms. The molecule has 1 aliphatic heterocycles. The molecule has 0 aliphatic carbocycles. The lowest BCUT2D eigenvalue weighted by Crippen LogP contribution is -2.35. The molecular weight excluding hydrogens is 362 g/mol. The van der Waals surface area contributed by atoms with E-state index in [-0.39, 0.29) is 9.79 Å². The Morgan fingerprint density at radius 2 is 1.72 bits per heavy atom. The van der Waals surface area contributed by atoms with E-state index < -0.39 is 20.0 Å². The van der Waals surface area contributed by atoms with E-state index in [2.05, 4.69) is 10.0 Å². The van der Waals surface area contributed by atoms with Crippen LogP contribution in [0, 0.1) is 6.92 Å². The zero-order chi connectivity index (χ0) is 18.5. The predicted octanol–water partition coefficient (Wildman–Crippen LogP) is 1.06. The summed E-state index contributed by atoms with van der Waals surface area (Å²) >= 11 is 0. The summed E-state index contributed by atoms with van der Waals surface area (Å²) in [5.74, 6) is 0. The van der Waals surface area contributed by atoms with E-state index in [9.17, 15) is 16.8 Å². The molecule has 0 amide bonds. The van der Waals surface area contributed by atoms with Crippen molar-refractivity contribution in [1.29, 1.82) is 0 Å².